The zero-order valence-electron chi connectivity index (χ0n) is 6.83. The SMILES string of the molecule is CC[C@H]1C[C@@H]2C[C@H]1[C@H](Br)[C@@H]2O. The Morgan fingerprint density at radius 2 is 2.18 bits per heavy atom. The van der Waals surface area contributed by atoms with Crippen LogP contribution in [-0.2, 0) is 0 Å². The van der Waals surface area contributed by atoms with E-state index in [1.807, 2.05) is 0 Å². The largest absolute Gasteiger partial charge is 0.392 e. The summed E-state index contributed by atoms with van der Waals surface area (Å²) in [5, 5.41) is 9.65. The second-order valence-electron chi connectivity index (χ2n) is 4.00. The molecule has 2 rings (SSSR count). The fourth-order valence-corrected chi connectivity index (χ4v) is 3.93. The third kappa shape index (κ3) is 1.06. The maximum absolute atomic E-state index is 9.65. The van der Waals surface area contributed by atoms with Gasteiger partial charge >= 0.3 is 0 Å². The van der Waals surface area contributed by atoms with E-state index in [9.17, 15) is 5.11 Å². The van der Waals surface area contributed by atoms with Gasteiger partial charge in [0.1, 0.15) is 0 Å². The van der Waals surface area contributed by atoms with Crippen molar-refractivity contribution in [3.8, 4) is 0 Å². The standard InChI is InChI=1S/C9H15BrO/c1-2-5-3-6-4-7(5)8(10)9(6)11/h5-9,11H,2-4H2,1H3/t5-,6+,7+,8-,9+/m0/s1. The number of halogens is 1. The van der Waals surface area contributed by atoms with Crippen molar-refractivity contribution < 1.29 is 5.11 Å². The molecule has 2 bridgehead atoms. The topological polar surface area (TPSA) is 20.2 Å². The highest BCUT2D eigenvalue weighted by Crippen LogP contribution is 2.52. The molecule has 0 aromatic carbocycles. The van der Waals surface area contributed by atoms with E-state index in [2.05, 4.69) is 22.9 Å². The van der Waals surface area contributed by atoms with Crippen molar-refractivity contribution in [3.63, 3.8) is 0 Å². The summed E-state index contributed by atoms with van der Waals surface area (Å²) >= 11 is 3.59. The van der Waals surface area contributed by atoms with Crippen LogP contribution < -0.4 is 0 Å². The molecule has 2 fully saturated rings. The van der Waals surface area contributed by atoms with Crippen LogP contribution in [0.15, 0.2) is 0 Å². The Bertz CT molecular complexity index is 154. The van der Waals surface area contributed by atoms with E-state index in [0.29, 0.717) is 10.7 Å². The minimum Gasteiger partial charge on any atom is -0.392 e. The Labute approximate surface area is 76.3 Å². The summed E-state index contributed by atoms with van der Waals surface area (Å²) in [5.74, 6) is 2.25. The minimum atomic E-state index is -0.0530. The van der Waals surface area contributed by atoms with Crippen molar-refractivity contribution in [2.75, 3.05) is 0 Å². The molecule has 0 aromatic rings. The maximum Gasteiger partial charge on any atom is 0.0696 e. The average Bonchev–Trinajstić information content (AvgIpc) is 2.53. The molecule has 0 aromatic heterocycles. The molecule has 1 N–H and O–H groups in total. The number of aliphatic hydroxyl groups excluding tert-OH is 1. The van der Waals surface area contributed by atoms with Gasteiger partial charge in [-0.3, -0.25) is 0 Å². The Kier molecular flexibility index (Phi) is 2.00. The second kappa shape index (κ2) is 2.74. The summed E-state index contributed by atoms with van der Waals surface area (Å²) in [7, 11) is 0. The van der Waals surface area contributed by atoms with Gasteiger partial charge in [-0.25, -0.2) is 0 Å². The van der Waals surface area contributed by atoms with Crippen LogP contribution in [0.3, 0.4) is 0 Å². The first kappa shape index (κ1) is 8.06. The van der Waals surface area contributed by atoms with Crippen molar-refractivity contribution in [2.24, 2.45) is 17.8 Å². The molecule has 2 aliphatic carbocycles. The summed E-state index contributed by atoms with van der Waals surface area (Å²) in [6, 6.07) is 0. The molecule has 0 spiro atoms. The first-order valence-corrected chi connectivity index (χ1v) is 5.47. The van der Waals surface area contributed by atoms with Gasteiger partial charge in [-0.2, -0.15) is 0 Å². The van der Waals surface area contributed by atoms with E-state index in [0.717, 1.165) is 11.8 Å². The normalized spacial score (nSPS) is 55.4. The van der Waals surface area contributed by atoms with Gasteiger partial charge in [0.2, 0.25) is 0 Å². The van der Waals surface area contributed by atoms with Gasteiger partial charge in [0.15, 0.2) is 0 Å². The van der Waals surface area contributed by atoms with Crippen molar-refractivity contribution in [3.05, 3.63) is 0 Å². The third-order valence-electron chi connectivity index (χ3n) is 3.53. The monoisotopic (exact) mass is 218 g/mol. The predicted molar refractivity (Wildman–Crippen MR) is 48.7 cm³/mol. The van der Waals surface area contributed by atoms with Crippen molar-refractivity contribution in [1.82, 2.24) is 0 Å². The predicted octanol–water partition coefficient (Wildman–Crippen LogP) is 2.18. The molecule has 0 heterocycles. The molecule has 0 radical (unpaired) electrons. The van der Waals surface area contributed by atoms with Crippen molar-refractivity contribution >= 4 is 15.9 Å². The average molecular weight is 219 g/mol. The molecule has 0 unspecified atom stereocenters. The lowest BCUT2D eigenvalue weighted by atomic mass is 9.85. The van der Waals surface area contributed by atoms with Gasteiger partial charge in [-0.15, -0.1) is 0 Å². The van der Waals surface area contributed by atoms with Crippen LogP contribution >= 0.6 is 15.9 Å². The Morgan fingerprint density at radius 1 is 1.45 bits per heavy atom. The van der Waals surface area contributed by atoms with E-state index in [4.69, 9.17) is 0 Å². The summed E-state index contributed by atoms with van der Waals surface area (Å²) in [6.45, 7) is 2.26. The van der Waals surface area contributed by atoms with Crippen LogP contribution in [0.2, 0.25) is 0 Å². The summed E-state index contributed by atoms with van der Waals surface area (Å²) in [4.78, 5) is 0.395. The van der Waals surface area contributed by atoms with Crippen LogP contribution in [0.1, 0.15) is 26.2 Å². The Morgan fingerprint density at radius 3 is 2.64 bits per heavy atom. The highest BCUT2D eigenvalue weighted by Gasteiger charge is 2.50. The lowest BCUT2D eigenvalue weighted by molar-refractivity contribution is 0.103. The lowest BCUT2D eigenvalue weighted by Gasteiger charge is -2.28. The zero-order chi connectivity index (χ0) is 8.01. The molecule has 0 amide bonds. The molecule has 1 nitrogen and oxygen atoms in total. The fourth-order valence-electron chi connectivity index (χ4n) is 2.85. The lowest BCUT2D eigenvalue weighted by Crippen LogP contribution is -2.32. The summed E-state index contributed by atoms with van der Waals surface area (Å²) < 4.78 is 0. The first-order chi connectivity index (χ1) is 5.24. The quantitative estimate of drug-likeness (QED) is 0.670. The van der Waals surface area contributed by atoms with E-state index < -0.39 is 0 Å². The van der Waals surface area contributed by atoms with E-state index in [1.54, 1.807) is 0 Å². The van der Waals surface area contributed by atoms with E-state index in [-0.39, 0.29) is 6.10 Å². The van der Waals surface area contributed by atoms with Gasteiger partial charge in [-0.1, -0.05) is 29.3 Å². The molecule has 0 aliphatic heterocycles. The third-order valence-corrected chi connectivity index (χ3v) is 4.75. The maximum atomic E-state index is 9.65. The van der Waals surface area contributed by atoms with Crippen molar-refractivity contribution in [2.45, 2.75) is 37.1 Å². The Balaban J connectivity index is 2.10. The molecule has 11 heavy (non-hydrogen) atoms. The van der Waals surface area contributed by atoms with Gasteiger partial charge in [-0.05, 0) is 30.6 Å². The number of fused-ring (bicyclic) bond motifs is 2. The van der Waals surface area contributed by atoms with Crippen LogP contribution in [0.5, 0.6) is 0 Å². The summed E-state index contributed by atoms with van der Waals surface area (Å²) in [6.07, 6.45) is 3.76. The molecule has 5 atom stereocenters. The zero-order valence-corrected chi connectivity index (χ0v) is 8.42. The number of hydrogen-bond acceptors (Lipinski definition) is 1. The van der Waals surface area contributed by atoms with Crippen molar-refractivity contribution in [1.29, 1.82) is 0 Å². The number of alkyl halides is 1. The number of hydrogen-bond donors (Lipinski definition) is 1. The fraction of sp³-hybridized carbons (Fsp3) is 1.00. The molecular weight excluding hydrogens is 204 g/mol. The first-order valence-electron chi connectivity index (χ1n) is 4.56. The molecule has 0 saturated heterocycles. The molecular formula is C9H15BrO. The molecule has 2 heteroatoms. The highest BCUT2D eigenvalue weighted by atomic mass is 79.9. The van der Waals surface area contributed by atoms with Gasteiger partial charge in [0, 0.05) is 4.83 Å². The molecule has 2 aliphatic rings. The van der Waals surface area contributed by atoms with Crippen LogP contribution in [0, 0.1) is 17.8 Å². The van der Waals surface area contributed by atoms with Crippen LogP contribution in [0.25, 0.3) is 0 Å². The van der Waals surface area contributed by atoms with E-state index >= 15 is 0 Å². The smallest absolute Gasteiger partial charge is 0.0696 e. The molecule has 64 valence electrons. The number of rotatable bonds is 1. The second-order valence-corrected chi connectivity index (χ2v) is 5.06. The summed E-state index contributed by atoms with van der Waals surface area (Å²) in [5.41, 5.74) is 0. The van der Waals surface area contributed by atoms with Gasteiger partial charge in [0.25, 0.3) is 0 Å². The number of aliphatic hydroxyl groups is 1. The van der Waals surface area contributed by atoms with E-state index in [1.165, 1.54) is 19.3 Å². The minimum absolute atomic E-state index is 0.0530. The highest BCUT2D eigenvalue weighted by molar-refractivity contribution is 9.09. The van der Waals surface area contributed by atoms with Crippen LogP contribution in [0.4, 0.5) is 0 Å². The van der Waals surface area contributed by atoms with Crippen LogP contribution in [-0.4, -0.2) is 16.0 Å². The van der Waals surface area contributed by atoms with Gasteiger partial charge < -0.3 is 5.11 Å². The van der Waals surface area contributed by atoms with Gasteiger partial charge in [0.05, 0.1) is 6.10 Å². The molecule has 2 saturated carbocycles. The Hall–Kier alpha value is 0.440.